The van der Waals surface area contributed by atoms with E-state index in [9.17, 15) is 10.1 Å². The third-order valence-electron chi connectivity index (χ3n) is 4.53. The van der Waals surface area contributed by atoms with Crippen LogP contribution in [0.25, 0.3) is 0 Å². The molecule has 1 unspecified atom stereocenters. The van der Waals surface area contributed by atoms with Crippen LogP contribution < -0.4 is 10.2 Å². The van der Waals surface area contributed by atoms with Gasteiger partial charge >= 0.3 is 0 Å². The van der Waals surface area contributed by atoms with Gasteiger partial charge in [0.25, 0.3) is 0 Å². The zero-order chi connectivity index (χ0) is 18.7. The minimum absolute atomic E-state index is 0.0365. The molecule has 1 N–H and O–H groups in total. The second-order valence-corrected chi connectivity index (χ2v) is 7.41. The summed E-state index contributed by atoms with van der Waals surface area (Å²) in [5.41, 5.74) is 3.07. The number of hydrogen-bond acceptors (Lipinski definition) is 5. The topological polar surface area (TPSA) is 81.9 Å². The van der Waals surface area contributed by atoms with Crippen LogP contribution in [-0.2, 0) is 4.79 Å². The van der Waals surface area contributed by atoms with Gasteiger partial charge in [-0.1, -0.05) is 0 Å². The van der Waals surface area contributed by atoms with E-state index in [0.29, 0.717) is 17.9 Å². The largest absolute Gasteiger partial charge is 0.370 e. The fourth-order valence-electron chi connectivity index (χ4n) is 3.28. The molecule has 3 rings (SSSR count). The van der Waals surface area contributed by atoms with E-state index in [0.717, 1.165) is 40.9 Å². The first-order valence-electron chi connectivity index (χ1n) is 8.53. The summed E-state index contributed by atoms with van der Waals surface area (Å²) < 4.78 is 0.867. The summed E-state index contributed by atoms with van der Waals surface area (Å²) in [5.74, 6) is 0.365. The van der Waals surface area contributed by atoms with Crippen molar-refractivity contribution in [3.05, 3.63) is 45.8 Å². The molecule has 1 fully saturated rings. The Morgan fingerprint density at radius 1 is 1.42 bits per heavy atom. The van der Waals surface area contributed by atoms with Crippen LogP contribution in [0.2, 0.25) is 0 Å². The number of hydrogen-bond donors (Lipinski definition) is 1. The molecule has 2 aromatic rings. The highest BCUT2D eigenvalue weighted by atomic mass is 79.9. The monoisotopic (exact) mass is 413 g/mol. The van der Waals surface area contributed by atoms with Gasteiger partial charge in [-0.2, -0.15) is 5.26 Å². The van der Waals surface area contributed by atoms with Crippen molar-refractivity contribution < 1.29 is 4.79 Å². The van der Waals surface area contributed by atoms with Gasteiger partial charge in [-0.05, 0) is 60.8 Å². The Bertz CT molecular complexity index is 859. The second kappa shape index (κ2) is 7.83. The van der Waals surface area contributed by atoms with Crippen LogP contribution in [-0.4, -0.2) is 29.0 Å². The Labute approximate surface area is 161 Å². The van der Waals surface area contributed by atoms with E-state index in [1.165, 1.54) is 0 Å². The smallest absolute Gasteiger partial charge is 0.230 e. The minimum Gasteiger partial charge on any atom is -0.370 e. The molecule has 0 spiro atoms. The number of piperidine rings is 1. The average molecular weight is 414 g/mol. The molecule has 0 bridgehead atoms. The van der Waals surface area contributed by atoms with Crippen molar-refractivity contribution in [3.63, 3.8) is 0 Å². The fraction of sp³-hybridized carbons (Fsp3) is 0.368. The van der Waals surface area contributed by atoms with Crippen LogP contribution in [0.15, 0.2) is 28.9 Å². The van der Waals surface area contributed by atoms with E-state index in [2.05, 4.69) is 42.2 Å². The highest BCUT2D eigenvalue weighted by Gasteiger charge is 2.28. The number of halogens is 1. The molecule has 0 saturated carbocycles. The number of nitrogens with one attached hydrogen (secondary N) is 1. The molecule has 7 heteroatoms. The van der Waals surface area contributed by atoms with Crippen molar-refractivity contribution in [2.75, 3.05) is 23.3 Å². The number of aryl methyl sites for hydroxylation is 2. The van der Waals surface area contributed by atoms with Crippen LogP contribution in [0.5, 0.6) is 0 Å². The van der Waals surface area contributed by atoms with Crippen molar-refractivity contribution in [3.8, 4) is 6.07 Å². The Kier molecular flexibility index (Phi) is 5.52. The number of aromatic nitrogens is 2. The summed E-state index contributed by atoms with van der Waals surface area (Å²) in [7, 11) is 0. The summed E-state index contributed by atoms with van der Waals surface area (Å²) in [6.07, 6.45) is 3.38. The first-order chi connectivity index (χ1) is 12.5. The van der Waals surface area contributed by atoms with Crippen LogP contribution in [0.3, 0.4) is 0 Å². The van der Waals surface area contributed by atoms with Crippen LogP contribution >= 0.6 is 15.9 Å². The molecule has 134 valence electrons. The maximum Gasteiger partial charge on any atom is 0.230 e. The van der Waals surface area contributed by atoms with Crippen molar-refractivity contribution in [2.45, 2.75) is 26.7 Å². The normalized spacial score (nSPS) is 16.8. The molecule has 0 radical (unpaired) electrons. The molecule has 1 aliphatic rings. The quantitative estimate of drug-likeness (QED) is 0.830. The van der Waals surface area contributed by atoms with Gasteiger partial charge in [-0.3, -0.25) is 9.78 Å². The van der Waals surface area contributed by atoms with Crippen molar-refractivity contribution in [2.24, 2.45) is 5.92 Å². The van der Waals surface area contributed by atoms with E-state index in [-0.39, 0.29) is 11.8 Å². The number of pyridine rings is 2. The molecule has 1 saturated heterocycles. The van der Waals surface area contributed by atoms with Gasteiger partial charge in [0.15, 0.2) is 0 Å². The number of amides is 1. The second-order valence-electron chi connectivity index (χ2n) is 6.49. The molecule has 3 heterocycles. The Balaban J connectivity index is 1.76. The van der Waals surface area contributed by atoms with Crippen molar-refractivity contribution in [1.82, 2.24) is 9.97 Å². The number of carbonyl (C=O) groups is 1. The Morgan fingerprint density at radius 2 is 2.23 bits per heavy atom. The fourth-order valence-corrected chi connectivity index (χ4v) is 3.52. The highest BCUT2D eigenvalue weighted by Crippen LogP contribution is 2.28. The number of carbonyl (C=O) groups excluding carboxylic acids is 1. The maximum absolute atomic E-state index is 12.7. The van der Waals surface area contributed by atoms with E-state index in [1.807, 2.05) is 26.0 Å². The van der Waals surface area contributed by atoms with Gasteiger partial charge in [0.05, 0.1) is 22.9 Å². The summed E-state index contributed by atoms with van der Waals surface area (Å²) in [6.45, 7) is 5.19. The van der Waals surface area contributed by atoms with E-state index < -0.39 is 0 Å². The standard InChI is InChI=1S/C19H20BrN5O/c1-12-8-17(16(9-21)13(2)23-12)25-7-3-4-14(11-25)19(26)24-18-6-5-15(20)10-22-18/h5-6,8,10,14H,3-4,7,11H2,1-2H3,(H,22,24,26). The van der Waals surface area contributed by atoms with E-state index >= 15 is 0 Å². The molecule has 1 amide bonds. The van der Waals surface area contributed by atoms with Crippen LogP contribution in [0.1, 0.15) is 29.8 Å². The summed E-state index contributed by atoms with van der Waals surface area (Å²) >= 11 is 3.33. The number of nitrogens with zero attached hydrogens (tertiary/aromatic N) is 4. The van der Waals surface area contributed by atoms with E-state index in [4.69, 9.17) is 0 Å². The first-order valence-corrected chi connectivity index (χ1v) is 9.33. The maximum atomic E-state index is 12.7. The van der Waals surface area contributed by atoms with Gasteiger partial charge in [-0.15, -0.1) is 0 Å². The van der Waals surface area contributed by atoms with Gasteiger partial charge in [0.1, 0.15) is 11.9 Å². The van der Waals surface area contributed by atoms with Gasteiger partial charge in [-0.25, -0.2) is 4.98 Å². The highest BCUT2D eigenvalue weighted by molar-refractivity contribution is 9.10. The average Bonchev–Trinajstić information content (AvgIpc) is 2.63. The zero-order valence-corrected chi connectivity index (χ0v) is 16.4. The Hall–Kier alpha value is -2.46. The molecule has 0 aromatic carbocycles. The lowest BCUT2D eigenvalue weighted by molar-refractivity contribution is -0.120. The number of rotatable bonds is 3. The summed E-state index contributed by atoms with van der Waals surface area (Å²) in [6, 6.07) is 7.81. The zero-order valence-electron chi connectivity index (χ0n) is 14.8. The summed E-state index contributed by atoms with van der Waals surface area (Å²) in [5, 5.41) is 12.4. The molecular formula is C19H20BrN5O. The molecule has 2 aromatic heterocycles. The third-order valence-corrected chi connectivity index (χ3v) is 5.00. The molecule has 0 aliphatic carbocycles. The molecule has 1 aliphatic heterocycles. The SMILES string of the molecule is Cc1cc(N2CCCC(C(=O)Nc3ccc(Br)cn3)C2)c(C#N)c(C)n1. The minimum atomic E-state index is -0.144. The van der Waals surface area contributed by atoms with Crippen molar-refractivity contribution >= 4 is 33.3 Å². The molecule has 26 heavy (non-hydrogen) atoms. The first kappa shape index (κ1) is 18.3. The third kappa shape index (κ3) is 4.02. The number of anilines is 2. The predicted molar refractivity (Wildman–Crippen MR) is 104 cm³/mol. The lowest BCUT2D eigenvalue weighted by Gasteiger charge is -2.34. The van der Waals surface area contributed by atoms with Gasteiger partial charge in [0.2, 0.25) is 5.91 Å². The van der Waals surface area contributed by atoms with Crippen LogP contribution in [0, 0.1) is 31.1 Å². The lowest BCUT2D eigenvalue weighted by atomic mass is 9.96. The molecular weight excluding hydrogens is 394 g/mol. The molecule has 6 nitrogen and oxygen atoms in total. The number of nitriles is 1. The lowest BCUT2D eigenvalue weighted by Crippen LogP contribution is -2.41. The summed E-state index contributed by atoms with van der Waals surface area (Å²) in [4.78, 5) is 23.4. The predicted octanol–water partition coefficient (Wildman–Crippen LogP) is 3.58. The Morgan fingerprint density at radius 3 is 2.92 bits per heavy atom. The van der Waals surface area contributed by atoms with Crippen molar-refractivity contribution in [1.29, 1.82) is 5.26 Å². The molecule has 1 atom stereocenters. The van der Waals surface area contributed by atoms with Gasteiger partial charge in [0, 0.05) is 29.5 Å². The van der Waals surface area contributed by atoms with Gasteiger partial charge < -0.3 is 10.2 Å². The van der Waals surface area contributed by atoms with E-state index in [1.54, 1.807) is 12.3 Å². The van der Waals surface area contributed by atoms with Crippen LogP contribution in [0.4, 0.5) is 11.5 Å².